The lowest BCUT2D eigenvalue weighted by Crippen LogP contribution is -2.04. The summed E-state index contributed by atoms with van der Waals surface area (Å²) in [5.41, 5.74) is 0. The lowest BCUT2D eigenvalue weighted by molar-refractivity contribution is 0.756. The Bertz CT molecular complexity index is 637. The highest BCUT2D eigenvalue weighted by atomic mass is 35.5. The third kappa shape index (κ3) is 2.31. The van der Waals surface area contributed by atoms with E-state index in [1.165, 1.54) is 29.1 Å². The zero-order chi connectivity index (χ0) is 12.4. The molecule has 3 rings (SSSR count). The van der Waals surface area contributed by atoms with Crippen molar-refractivity contribution in [2.45, 2.75) is 10.3 Å². The van der Waals surface area contributed by atoms with Gasteiger partial charge < -0.3 is 4.98 Å². The predicted octanol–water partition coefficient (Wildman–Crippen LogP) is 0.980. The Kier molecular flexibility index (Phi) is 2.90. The number of aromatic amines is 1. The molecule has 3 aromatic heterocycles. The minimum atomic E-state index is 0.0876. The Morgan fingerprint density at radius 3 is 2.94 bits per heavy atom. The van der Waals surface area contributed by atoms with E-state index >= 15 is 0 Å². The van der Waals surface area contributed by atoms with E-state index < -0.39 is 0 Å². The Morgan fingerprint density at radius 2 is 2.22 bits per heavy atom. The molecule has 90 valence electrons. The Balaban J connectivity index is 1.96. The number of halogens is 1. The molecule has 10 heteroatoms. The highest BCUT2D eigenvalue weighted by Crippen LogP contribution is 2.21. The van der Waals surface area contributed by atoms with Crippen molar-refractivity contribution in [2.75, 3.05) is 0 Å². The minimum absolute atomic E-state index is 0.0876. The van der Waals surface area contributed by atoms with Gasteiger partial charge in [0.05, 0.1) is 0 Å². The smallest absolute Gasteiger partial charge is 0.257 e. The van der Waals surface area contributed by atoms with Crippen LogP contribution in [0.1, 0.15) is 0 Å². The number of imidazole rings is 1. The summed E-state index contributed by atoms with van der Waals surface area (Å²) in [7, 11) is 0. The lowest BCUT2D eigenvalue weighted by Gasteiger charge is -2.01. The second-order valence-electron chi connectivity index (χ2n) is 3.02. The molecule has 0 radical (unpaired) electrons. The summed E-state index contributed by atoms with van der Waals surface area (Å²) >= 11 is 7.08. The molecule has 0 saturated carbocycles. The first-order chi connectivity index (χ1) is 8.81. The topological polar surface area (TPSA) is 98.1 Å². The molecular formula is C8H5ClN8S. The summed E-state index contributed by atoms with van der Waals surface area (Å²) in [6.07, 6.45) is 6.22. The van der Waals surface area contributed by atoms with Crippen LogP contribution in [-0.2, 0) is 0 Å². The van der Waals surface area contributed by atoms with Gasteiger partial charge in [0, 0.05) is 12.4 Å². The van der Waals surface area contributed by atoms with E-state index in [1.54, 1.807) is 12.4 Å². The van der Waals surface area contributed by atoms with Gasteiger partial charge in [0.15, 0.2) is 5.16 Å². The molecule has 0 aliphatic carbocycles. The summed E-state index contributed by atoms with van der Waals surface area (Å²) in [5, 5.41) is 5.11. The van der Waals surface area contributed by atoms with Crippen molar-refractivity contribution in [1.29, 1.82) is 0 Å². The number of rotatable bonds is 3. The van der Waals surface area contributed by atoms with E-state index in [1.807, 2.05) is 0 Å². The van der Waals surface area contributed by atoms with Gasteiger partial charge in [0.2, 0.25) is 10.4 Å². The van der Waals surface area contributed by atoms with Gasteiger partial charge in [-0.25, -0.2) is 9.97 Å². The molecule has 0 unspecified atom stereocenters. The molecule has 0 spiro atoms. The summed E-state index contributed by atoms with van der Waals surface area (Å²) in [5.74, 6) is 0.307. The molecule has 3 heterocycles. The van der Waals surface area contributed by atoms with Gasteiger partial charge in [-0.2, -0.15) is 24.7 Å². The van der Waals surface area contributed by atoms with Crippen molar-refractivity contribution in [1.82, 2.24) is 39.7 Å². The van der Waals surface area contributed by atoms with Crippen LogP contribution in [-0.4, -0.2) is 39.7 Å². The highest BCUT2D eigenvalue weighted by Gasteiger charge is 2.09. The first kappa shape index (κ1) is 11.1. The van der Waals surface area contributed by atoms with Crippen LogP contribution in [0.15, 0.2) is 35.4 Å². The molecule has 1 N–H and O–H groups in total. The molecule has 3 aromatic rings. The maximum Gasteiger partial charge on any atom is 0.257 e. The molecule has 0 aliphatic rings. The average molecular weight is 281 g/mol. The predicted molar refractivity (Wildman–Crippen MR) is 62.5 cm³/mol. The second kappa shape index (κ2) is 4.70. The fourth-order valence-corrected chi connectivity index (χ4v) is 2.05. The number of H-pyrrole nitrogens is 1. The Morgan fingerprint density at radius 1 is 1.28 bits per heavy atom. The molecule has 0 aliphatic heterocycles. The largest absolute Gasteiger partial charge is 0.339 e. The Labute approximate surface area is 110 Å². The summed E-state index contributed by atoms with van der Waals surface area (Å²) in [6.45, 7) is 0. The standard InChI is InChI=1S/C8H5ClN8S/c9-5-14-6(17-4-10-3-13-17)16-8(15-5)18-7-11-1-2-12-7/h1-4H,(H,11,12). The molecule has 0 aromatic carbocycles. The minimum Gasteiger partial charge on any atom is -0.339 e. The first-order valence-corrected chi connectivity index (χ1v) is 5.94. The normalized spacial score (nSPS) is 10.7. The Hall–Kier alpha value is -2.00. The number of nitrogens with one attached hydrogen (secondary N) is 1. The summed E-state index contributed by atoms with van der Waals surface area (Å²) in [4.78, 5) is 23.0. The van der Waals surface area contributed by atoms with Gasteiger partial charge in [-0.3, -0.25) is 0 Å². The highest BCUT2D eigenvalue weighted by molar-refractivity contribution is 7.99. The van der Waals surface area contributed by atoms with Gasteiger partial charge in [-0.1, -0.05) is 0 Å². The molecule has 0 atom stereocenters. The fraction of sp³-hybridized carbons (Fsp3) is 0. The van der Waals surface area contributed by atoms with Crippen LogP contribution >= 0.6 is 23.4 Å². The maximum atomic E-state index is 5.84. The van der Waals surface area contributed by atoms with E-state index in [4.69, 9.17) is 11.6 Å². The maximum absolute atomic E-state index is 5.84. The van der Waals surface area contributed by atoms with Gasteiger partial charge in [0.25, 0.3) is 5.95 Å². The monoisotopic (exact) mass is 280 g/mol. The van der Waals surface area contributed by atoms with E-state index in [0.29, 0.717) is 16.3 Å². The number of hydrogen-bond donors (Lipinski definition) is 1. The first-order valence-electron chi connectivity index (χ1n) is 4.75. The zero-order valence-electron chi connectivity index (χ0n) is 8.73. The van der Waals surface area contributed by atoms with Crippen LogP contribution in [0.5, 0.6) is 0 Å². The van der Waals surface area contributed by atoms with Crippen molar-refractivity contribution in [3.8, 4) is 5.95 Å². The number of nitrogens with zero attached hydrogens (tertiary/aromatic N) is 7. The van der Waals surface area contributed by atoms with Crippen molar-refractivity contribution in [2.24, 2.45) is 0 Å². The molecule has 0 amide bonds. The molecule has 0 saturated heterocycles. The number of aromatic nitrogens is 8. The zero-order valence-corrected chi connectivity index (χ0v) is 10.3. The second-order valence-corrected chi connectivity index (χ2v) is 4.32. The van der Waals surface area contributed by atoms with Crippen molar-refractivity contribution in [3.05, 3.63) is 30.3 Å². The molecular weight excluding hydrogens is 276 g/mol. The van der Waals surface area contributed by atoms with E-state index in [2.05, 4.69) is 35.0 Å². The van der Waals surface area contributed by atoms with E-state index in [-0.39, 0.29) is 5.28 Å². The molecule has 0 fully saturated rings. The van der Waals surface area contributed by atoms with Crippen molar-refractivity contribution >= 4 is 23.4 Å². The van der Waals surface area contributed by atoms with Gasteiger partial charge in [-0.15, -0.1) is 0 Å². The van der Waals surface area contributed by atoms with Gasteiger partial charge in [-0.05, 0) is 23.4 Å². The van der Waals surface area contributed by atoms with Crippen LogP contribution in [0.4, 0.5) is 0 Å². The third-order valence-corrected chi connectivity index (χ3v) is 2.81. The number of hydrogen-bond acceptors (Lipinski definition) is 7. The molecule has 0 bridgehead atoms. The quantitative estimate of drug-likeness (QED) is 0.763. The van der Waals surface area contributed by atoms with Crippen LogP contribution < -0.4 is 0 Å². The fourth-order valence-electron chi connectivity index (χ4n) is 1.17. The third-order valence-electron chi connectivity index (χ3n) is 1.86. The van der Waals surface area contributed by atoms with Crippen LogP contribution in [0, 0.1) is 0 Å². The van der Waals surface area contributed by atoms with Crippen LogP contribution in [0.25, 0.3) is 5.95 Å². The summed E-state index contributed by atoms with van der Waals surface area (Å²) < 4.78 is 1.40. The molecule has 18 heavy (non-hydrogen) atoms. The van der Waals surface area contributed by atoms with E-state index in [9.17, 15) is 0 Å². The summed E-state index contributed by atoms with van der Waals surface area (Å²) in [6, 6.07) is 0. The average Bonchev–Trinajstić information content (AvgIpc) is 3.00. The van der Waals surface area contributed by atoms with Gasteiger partial charge in [0.1, 0.15) is 12.7 Å². The lowest BCUT2D eigenvalue weighted by atomic mass is 10.9. The van der Waals surface area contributed by atoms with E-state index in [0.717, 1.165) is 0 Å². The van der Waals surface area contributed by atoms with Crippen LogP contribution in [0.2, 0.25) is 5.28 Å². The van der Waals surface area contributed by atoms with Crippen molar-refractivity contribution in [3.63, 3.8) is 0 Å². The van der Waals surface area contributed by atoms with Crippen LogP contribution in [0.3, 0.4) is 0 Å². The van der Waals surface area contributed by atoms with Crippen molar-refractivity contribution < 1.29 is 0 Å². The van der Waals surface area contributed by atoms with Gasteiger partial charge >= 0.3 is 0 Å². The SMILES string of the molecule is Clc1nc(Sc2ncc[nH]2)nc(-n2cncn2)n1. The molecule has 8 nitrogen and oxygen atoms in total.